The van der Waals surface area contributed by atoms with Gasteiger partial charge in [-0.1, -0.05) is 60.1 Å². The third kappa shape index (κ3) is 4.74. The molecule has 2 N–H and O–H groups in total. The smallest absolute Gasteiger partial charge is 0.315 e. The Morgan fingerprint density at radius 3 is 2.45 bits per heavy atom. The van der Waals surface area contributed by atoms with E-state index in [-0.39, 0.29) is 12.6 Å². The number of benzene rings is 2. The van der Waals surface area contributed by atoms with Gasteiger partial charge in [0.2, 0.25) is 0 Å². The Labute approximate surface area is 134 Å². The molecule has 22 heavy (non-hydrogen) atoms. The molecule has 2 aromatic carbocycles. The van der Waals surface area contributed by atoms with Crippen LogP contribution in [-0.2, 0) is 6.42 Å². The lowest BCUT2D eigenvalue weighted by molar-refractivity contribution is 0.236. The number of hydrogen-bond donors (Lipinski definition) is 2. The molecular weight excluding hydrogens is 303 g/mol. The fourth-order valence-electron chi connectivity index (χ4n) is 2.19. The molecular formula is C17H18ClFN2O. The normalized spacial score (nSPS) is 11.7. The summed E-state index contributed by atoms with van der Waals surface area (Å²) in [6.07, 6.45) is 0.562. The molecule has 2 aromatic rings. The lowest BCUT2D eigenvalue weighted by Gasteiger charge is -2.20. The molecule has 1 unspecified atom stereocenters. The summed E-state index contributed by atoms with van der Waals surface area (Å²) in [7, 11) is 0. The molecule has 1 atom stereocenters. The van der Waals surface area contributed by atoms with Crippen LogP contribution < -0.4 is 10.6 Å². The van der Waals surface area contributed by atoms with Crippen molar-refractivity contribution in [2.75, 3.05) is 13.2 Å². The van der Waals surface area contributed by atoms with Crippen LogP contribution in [0.5, 0.6) is 0 Å². The number of carbonyl (C=O) groups excluding carboxylic acids is 1. The maximum atomic E-state index is 12.2. The van der Waals surface area contributed by atoms with E-state index in [1.807, 2.05) is 54.6 Å². The van der Waals surface area contributed by atoms with Gasteiger partial charge in [-0.2, -0.15) is 0 Å². The maximum absolute atomic E-state index is 12.2. The summed E-state index contributed by atoms with van der Waals surface area (Å²) in [5.74, 6) is 0. The predicted octanol–water partition coefficient (Wildman–Crippen LogP) is 3.89. The SMILES string of the molecule is O=C(NCCF)NC(Cc1ccccc1Cl)c1ccccc1. The lowest BCUT2D eigenvalue weighted by Crippen LogP contribution is -2.39. The van der Waals surface area contributed by atoms with E-state index in [1.165, 1.54) is 0 Å². The number of amides is 2. The molecule has 0 aromatic heterocycles. The van der Waals surface area contributed by atoms with Crippen molar-refractivity contribution in [2.45, 2.75) is 12.5 Å². The highest BCUT2D eigenvalue weighted by Crippen LogP contribution is 2.23. The standard InChI is InChI=1S/C17H18ClFN2O/c18-15-9-5-4-8-14(15)12-16(13-6-2-1-3-7-13)21-17(22)20-11-10-19/h1-9,16H,10-12H2,(H2,20,21,22). The lowest BCUT2D eigenvalue weighted by atomic mass is 9.99. The molecule has 2 amide bonds. The van der Waals surface area contributed by atoms with Gasteiger partial charge in [0.1, 0.15) is 6.67 Å². The van der Waals surface area contributed by atoms with Crippen LogP contribution in [0.2, 0.25) is 5.02 Å². The topological polar surface area (TPSA) is 41.1 Å². The molecule has 0 aliphatic heterocycles. The first kappa shape index (κ1) is 16.3. The van der Waals surface area contributed by atoms with Gasteiger partial charge in [0.15, 0.2) is 0 Å². The third-order valence-electron chi connectivity index (χ3n) is 3.27. The van der Waals surface area contributed by atoms with Gasteiger partial charge in [-0.25, -0.2) is 9.18 Å². The van der Waals surface area contributed by atoms with Crippen LogP contribution in [-0.4, -0.2) is 19.3 Å². The van der Waals surface area contributed by atoms with Crippen LogP contribution >= 0.6 is 11.6 Å². The maximum Gasteiger partial charge on any atom is 0.315 e. The summed E-state index contributed by atoms with van der Waals surface area (Å²) in [5.41, 5.74) is 1.92. The largest absolute Gasteiger partial charge is 0.336 e. The summed E-state index contributed by atoms with van der Waals surface area (Å²) >= 11 is 6.20. The van der Waals surface area contributed by atoms with Crippen LogP contribution in [0.4, 0.5) is 9.18 Å². The Balaban J connectivity index is 2.15. The van der Waals surface area contributed by atoms with Gasteiger partial charge < -0.3 is 10.6 Å². The zero-order valence-electron chi connectivity index (χ0n) is 12.1. The first-order valence-electron chi connectivity index (χ1n) is 7.09. The molecule has 0 aliphatic rings. The van der Waals surface area contributed by atoms with Gasteiger partial charge in [0.05, 0.1) is 6.04 Å². The molecule has 0 heterocycles. The molecule has 0 bridgehead atoms. The fourth-order valence-corrected chi connectivity index (χ4v) is 2.40. The van der Waals surface area contributed by atoms with Crippen molar-refractivity contribution in [3.8, 4) is 0 Å². The molecule has 2 rings (SSSR count). The van der Waals surface area contributed by atoms with E-state index < -0.39 is 12.7 Å². The highest BCUT2D eigenvalue weighted by molar-refractivity contribution is 6.31. The Morgan fingerprint density at radius 2 is 1.77 bits per heavy atom. The molecule has 5 heteroatoms. The van der Waals surface area contributed by atoms with Crippen molar-refractivity contribution in [2.24, 2.45) is 0 Å². The fraction of sp³-hybridized carbons (Fsp3) is 0.235. The first-order valence-corrected chi connectivity index (χ1v) is 7.47. The van der Waals surface area contributed by atoms with Gasteiger partial charge >= 0.3 is 6.03 Å². The van der Waals surface area contributed by atoms with Gasteiger partial charge in [-0.05, 0) is 23.6 Å². The van der Waals surface area contributed by atoms with E-state index in [9.17, 15) is 9.18 Å². The molecule has 0 fully saturated rings. The second kappa shape index (κ2) is 8.39. The average Bonchev–Trinajstić information content (AvgIpc) is 2.55. The summed E-state index contributed by atoms with van der Waals surface area (Å²) in [4.78, 5) is 11.8. The summed E-state index contributed by atoms with van der Waals surface area (Å²) in [6, 6.07) is 16.5. The van der Waals surface area contributed by atoms with Crippen molar-refractivity contribution in [1.82, 2.24) is 10.6 Å². The van der Waals surface area contributed by atoms with Crippen molar-refractivity contribution in [3.63, 3.8) is 0 Å². The van der Waals surface area contributed by atoms with Crippen molar-refractivity contribution < 1.29 is 9.18 Å². The number of carbonyl (C=O) groups is 1. The predicted molar refractivity (Wildman–Crippen MR) is 86.8 cm³/mol. The molecule has 0 aliphatic carbocycles. The Morgan fingerprint density at radius 1 is 1.09 bits per heavy atom. The second-order valence-electron chi connectivity index (χ2n) is 4.85. The van der Waals surface area contributed by atoms with Gasteiger partial charge in [0.25, 0.3) is 0 Å². The van der Waals surface area contributed by atoms with Crippen molar-refractivity contribution in [1.29, 1.82) is 0 Å². The molecule has 116 valence electrons. The van der Waals surface area contributed by atoms with Crippen LogP contribution in [0.25, 0.3) is 0 Å². The number of hydrogen-bond acceptors (Lipinski definition) is 1. The van der Waals surface area contributed by atoms with Crippen LogP contribution in [0.3, 0.4) is 0 Å². The minimum absolute atomic E-state index is 0.000559. The van der Waals surface area contributed by atoms with Gasteiger partial charge in [0, 0.05) is 11.6 Å². The molecule has 3 nitrogen and oxygen atoms in total. The summed E-state index contributed by atoms with van der Waals surface area (Å²) in [5, 5.41) is 6.00. The zero-order chi connectivity index (χ0) is 15.8. The van der Waals surface area contributed by atoms with Gasteiger partial charge in [-0.15, -0.1) is 0 Å². The van der Waals surface area contributed by atoms with E-state index in [0.717, 1.165) is 11.1 Å². The molecule has 0 saturated carbocycles. The van der Waals surface area contributed by atoms with Crippen molar-refractivity contribution >= 4 is 17.6 Å². The highest BCUT2D eigenvalue weighted by Gasteiger charge is 2.16. The minimum atomic E-state index is -0.589. The zero-order valence-corrected chi connectivity index (χ0v) is 12.8. The van der Waals surface area contributed by atoms with E-state index in [1.54, 1.807) is 0 Å². The number of alkyl halides is 1. The number of nitrogens with one attached hydrogen (secondary N) is 2. The Bertz CT molecular complexity index is 607. The second-order valence-corrected chi connectivity index (χ2v) is 5.26. The van der Waals surface area contributed by atoms with Gasteiger partial charge in [-0.3, -0.25) is 0 Å². The number of halogens is 2. The van der Waals surface area contributed by atoms with Crippen molar-refractivity contribution in [3.05, 3.63) is 70.7 Å². The average molecular weight is 321 g/mol. The van der Waals surface area contributed by atoms with Crippen LogP contribution in [0, 0.1) is 0 Å². The molecule has 0 radical (unpaired) electrons. The highest BCUT2D eigenvalue weighted by atomic mass is 35.5. The van der Waals surface area contributed by atoms with E-state index in [4.69, 9.17) is 11.6 Å². The number of rotatable bonds is 6. The van der Waals surface area contributed by atoms with E-state index >= 15 is 0 Å². The quantitative estimate of drug-likeness (QED) is 0.833. The Kier molecular flexibility index (Phi) is 6.22. The summed E-state index contributed by atoms with van der Waals surface area (Å²) < 4.78 is 12.2. The van der Waals surface area contributed by atoms with E-state index in [2.05, 4.69) is 10.6 Å². The first-order chi connectivity index (χ1) is 10.7. The molecule has 0 spiro atoms. The third-order valence-corrected chi connectivity index (χ3v) is 3.64. The summed E-state index contributed by atoms with van der Waals surface area (Å²) in [6.45, 7) is -0.590. The Hall–Kier alpha value is -2.07. The van der Waals surface area contributed by atoms with E-state index in [0.29, 0.717) is 11.4 Å². The van der Waals surface area contributed by atoms with Crippen LogP contribution in [0.15, 0.2) is 54.6 Å². The molecule has 0 saturated heterocycles. The minimum Gasteiger partial charge on any atom is -0.336 e. The monoisotopic (exact) mass is 320 g/mol. The number of urea groups is 1. The van der Waals surface area contributed by atoms with Crippen LogP contribution in [0.1, 0.15) is 17.2 Å².